The molecule has 0 aromatic heterocycles. The van der Waals surface area contributed by atoms with Crippen LogP contribution in [-0.2, 0) is 0 Å². The number of halogens is 4. The van der Waals surface area contributed by atoms with Crippen LogP contribution in [0.1, 0.15) is 25.7 Å². The maximum atomic E-state index is 12.7. The molecule has 0 bridgehead atoms. The summed E-state index contributed by atoms with van der Waals surface area (Å²) in [6.45, 7) is 0. The molecule has 1 nitrogen and oxygen atoms in total. The molecule has 5 heteroatoms. The van der Waals surface area contributed by atoms with Crippen LogP contribution in [-0.4, -0.2) is 12.2 Å². The van der Waals surface area contributed by atoms with Crippen LogP contribution < -0.4 is 5.32 Å². The molecule has 0 amide bonds. The highest BCUT2D eigenvalue weighted by Crippen LogP contribution is 2.38. The highest BCUT2D eigenvalue weighted by Gasteiger charge is 2.42. The van der Waals surface area contributed by atoms with E-state index in [1.54, 1.807) is 18.2 Å². The van der Waals surface area contributed by atoms with Crippen molar-refractivity contribution in [3.8, 4) is 0 Å². The van der Waals surface area contributed by atoms with Crippen LogP contribution in [0.2, 0.25) is 5.02 Å². The van der Waals surface area contributed by atoms with Gasteiger partial charge in [-0.25, -0.2) is 0 Å². The summed E-state index contributed by atoms with van der Waals surface area (Å²) < 4.78 is 38.0. The zero-order valence-electron chi connectivity index (χ0n) is 9.80. The molecule has 2 unspecified atom stereocenters. The average molecular weight is 278 g/mol. The van der Waals surface area contributed by atoms with Crippen LogP contribution in [0, 0.1) is 5.92 Å². The Balaban J connectivity index is 1.98. The average Bonchev–Trinajstić information content (AvgIpc) is 2.28. The molecule has 1 aliphatic rings. The predicted molar refractivity (Wildman–Crippen MR) is 66.9 cm³/mol. The first-order valence-electron chi connectivity index (χ1n) is 6.04. The minimum absolute atomic E-state index is 0.121. The van der Waals surface area contributed by atoms with Crippen molar-refractivity contribution in [1.29, 1.82) is 0 Å². The SMILES string of the molecule is FC(F)(F)C1CCCC(Nc2cccc(Cl)c2)C1. The topological polar surface area (TPSA) is 12.0 Å². The van der Waals surface area contributed by atoms with Crippen molar-refractivity contribution in [2.45, 2.75) is 37.9 Å². The second-order valence-corrected chi connectivity index (χ2v) is 5.19. The van der Waals surface area contributed by atoms with Crippen LogP contribution in [0.15, 0.2) is 24.3 Å². The summed E-state index contributed by atoms with van der Waals surface area (Å²) in [6.07, 6.45) is -2.29. The quantitative estimate of drug-likeness (QED) is 0.813. The van der Waals surface area contributed by atoms with Gasteiger partial charge in [-0.3, -0.25) is 0 Å². The van der Waals surface area contributed by atoms with Gasteiger partial charge in [0.05, 0.1) is 5.92 Å². The molecule has 0 saturated heterocycles. The van der Waals surface area contributed by atoms with Crippen molar-refractivity contribution in [3.05, 3.63) is 29.3 Å². The molecular weight excluding hydrogens is 263 g/mol. The van der Waals surface area contributed by atoms with E-state index in [0.29, 0.717) is 11.4 Å². The molecule has 1 N–H and O–H groups in total. The van der Waals surface area contributed by atoms with Gasteiger partial charge in [-0.15, -0.1) is 0 Å². The van der Waals surface area contributed by atoms with E-state index in [1.165, 1.54) is 0 Å². The summed E-state index contributed by atoms with van der Waals surface area (Å²) in [7, 11) is 0. The third-order valence-electron chi connectivity index (χ3n) is 3.33. The molecule has 0 aliphatic heterocycles. The van der Waals surface area contributed by atoms with Crippen molar-refractivity contribution in [2.75, 3.05) is 5.32 Å². The second-order valence-electron chi connectivity index (χ2n) is 4.76. The first kappa shape index (κ1) is 13.5. The summed E-state index contributed by atoms with van der Waals surface area (Å²) >= 11 is 5.84. The van der Waals surface area contributed by atoms with Crippen molar-refractivity contribution in [3.63, 3.8) is 0 Å². The van der Waals surface area contributed by atoms with Crippen LogP contribution in [0.5, 0.6) is 0 Å². The van der Waals surface area contributed by atoms with E-state index in [-0.39, 0.29) is 18.9 Å². The molecule has 0 spiro atoms. The summed E-state index contributed by atoms with van der Waals surface area (Å²) in [4.78, 5) is 0. The van der Waals surface area contributed by atoms with Gasteiger partial charge in [-0.05, 0) is 37.5 Å². The maximum absolute atomic E-state index is 12.7. The number of anilines is 1. The second kappa shape index (κ2) is 5.39. The Labute approximate surface area is 109 Å². The Hall–Kier alpha value is -0.900. The van der Waals surface area contributed by atoms with Crippen LogP contribution in [0.25, 0.3) is 0 Å². The first-order valence-corrected chi connectivity index (χ1v) is 6.42. The monoisotopic (exact) mass is 277 g/mol. The van der Waals surface area contributed by atoms with Gasteiger partial charge in [0.25, 0.3) is 0 Å². The molecule has 0 radical (unpaired) electrons. The summed E-state index contributed by atoms with van der Waals surface area (Å²) in [6, 6.07) is 6.96. The van der Waals surface area contributed by atoms with Crippen molar-refractivity contribution in [1.82, 2.24) is 0 Å². The smallest absolute Gasteiger partial charge is 0.382 e. The molecular formula is C13H15ClF3N. The fourth-order valence-electron chi connectivity index (χ4n) is 2.43. The Morgan fingerprint density at radius 1 is 1.22 bits per heavy atom. The number of hydrogen-bond donors (Lipinski definition) is 1. The van der Waals surface area contributed by atoms with Gasteiger partial charge in [-0.1, -0.05) is 24.1 Å². The molecule has 2 atom stereocenters. The molecule has 1 aromatic carbocycles. The van der Waals surface area contributed by atoms with Crippen molar-refractivity contribution in [2.24, 2.45) is 5.92 Å². The number of rotatable bonds is 2. The summed E-state index contributed by atoms with van der Waals surface area (Å²) in [5.74, 6) is -1.18. The molecule has 2 rings (SSSR count). The predicted octanol–water partition coefficient (Wildman–Crippen LogP) is 4.87. The molecule has 1 saturated carbocycles. The number of hydrogen-bond acceptors (Lipinski definition) is 1. The molecule has 0 heterocycles. The van der Waals surface area contributed by atoms with Gasteiger partial charge in [0.2, 0.25) is 0 Å². The lowest BCUT2D eigenvalue weighted by molar-refractivity contribution is -0.182. The van der Waals surface area contributed by atoms with E-state index >= 15 is 0 Å². The molecule has 1 aliphatic carbocycles. The Bertz CT molecular complexity index is 405. The highest BCUT2D eigenvalue weighted by molar-refractivity contribution is 6.30. The van der Waals surface area contributed by atoms with E-state index < -0.39 is 12.1 Å². The number of benzene rings is 1. The van der Waals surface area contributed by atoms with Gasteiger partial charge in [0.15, 0.2) is 0 Å². The van der Waals surface area contributed by atoms with Crippen LogP contribution in [0.4, 0.5) is 18.9 Å². The number of alkyl halides is 3. The van der Waals surface area contributed by atoms with Crippen molar-refractivity contribution < 1.29 is 13.2 Å². The molecule has 1 aromatic rings. The Morgan fingerprint density at radius 3 is 2.67 bits per heavy atom. The molecule has 1 fully saturated rings. The lowest BCUT2D eigenvalue weighted by Crippen LogP contribution is -2.34. The van der Waals surface area contributed by atoms with E-state index in [4.69, 9.17) is 11.6 Å². The largest absolute Gasteiger partial charge is 0.391 e. The Kier molecular flexibility index (Phi) is 4.05. The fourth-order valence-corrected chi connectivity index (χ4v) is 2.62. The van der Waals surface area contributed by atoms with E-state index in [0.717, 1.165) is 12.1 Å². The minimum Gasteiger partial charge on any atom is -0.382 e. The lowest BCUT2D eigenvalue weighted by Gasteiger charge is -2.31. The van der Waals surface area contributed by atoms with Crippen molar-refractivity contribution >= 4 is 17.3 Å². The Morgan fingerprint density at radius 2 is 2.00 bits per heavy atom. The standard InChI is InChI=1S/C13H15ClF3N/c14-10-4-2-6-12(8-10)18-11-5-1-3-9(7-11)13(15,16)17/h2,4,6,8-9,11,18H,1,3,5,7H2. The summed E-state index contributed by atoms with van der Waals surface area (Å²) in [5, 5.41) is 3.73. The summed E-state index contributed by atoms with van der Waals surface area (Å²) in [5.41, 5.74) is 0.787. The first-order chi connectivity index (χ1) is 8.45. The van der Waals surface area contributed by atoms with E-state index in [2.05, 4.69) is 5.32 Å². The van der Waals surface area contributed by atoms with Gasteiger partial charge >= 0.3 is 6.18 Å². The number of nitrogens with one attached hydrogen (secondary N) is 1. The zero-order chi connectivity index (χ0) is 13.2. The third kappa shape index (κ3) is 3.55. The highest BCUT2D eigenvalue weighted by atomic mass is 35.5. The third-order valence-corrected chi connectivity index (χ3v) is 3.57. The van der Waals surface area contributed by atoms with Crippen LogP contribution in [0.3, 0.4) is 0 Å². The van der Waals surface area contributed by atoms with E-state index in [9.17, 15) is 13.2 Å². The van der Waals surface area contributed by atoms with Crippen LogP contribution >= 0.6 is 11.6 Å². The normalized spacial score (nSPS) is 24.9. The molecule has 100 valence electrons. The lowest BCUT2D eigenvalue weighted by atomic mass is 9.85. The fraction of sp³-hybridized carbons (Fsp3) is 0.538. The van der Waals surface area contributed by atoms with E-state index in [1.807, 2.05) is 6.07 Å². The van der Waals surface area contributed by atoms with Gasteiger partial charge in [-0.2, -0.15) is 13.2 Å². The maximum Gasteiger partial charge on any atom is 0.391 e. The minimum atomic E-state index is -4.07. The van der Waals surface area contributed by atoms with Gasteiger partial charge < -0.3 is 5.32 Å². The molecule has 18 heavy (non-hydrogen) atoms. The van der Waals surface area contributed by atoms with Gasteiger partial charge in [0, 0.05) is 16.8 Å². The van der Waals surface area contributed by atoms with Gasteiger partial charge in [0.1, 0.15) is 0 Å². The zero-order valence-corrected chi connectivity index (χ0v) is 10.6.